The van der Waals surface area contributed by atoms with Crippen LogP contribution in [0.15, 0.2) is 47.5 Å². The summed E-state index contributed by atoms with van der Waals surface area (Å²) in [5.41, 5.74) is 1.38. The molecule has 1 aromatic heterocycles. The summed E-state index contributed by atoms with van der Waals surface area (Å²) < 4.78 is 28.1. The van der Waals surface area contributed by atoms with E-state index >= 15 is 0 Å². The van der Waals surface area contributed by atoms with E-state index in [-0.39, 0.29) is 10.9 Å². The topological polar surface area (TPSA) is 94.3 Å². The summed E-state index contributed by atoms with van der Waals surface area (Å²) in [7, 11) is -2.25. The number of aromatic nitrogens is 1. The van der Waals surface area contributed by atoms with E-state index in [0.717, 1.165) is 5.69 Å². The molecule has 6 nitrogen and oxygen atoms in total. The van der Waals surface area contributed by atoms with Gasteiger partial charge in [-0.05, 0) is 37.3 Å². The van der Waals surface area contributed by atoms with E-state index in [2.05, 4.69) is 10.3 Å². The molecular formula is C14H17N3O3S. The van der Waals surface area contributed by atoms with Crippen molar-refractivity contribution in [2.45, 2.75) is 17.9 Å². The number of benzene rings is 1. The van der Waals surface area contributed by atoms with Crippen molar-refractivity contribution in [3.05, 3.63) is 48.3 Å². The molecule has 0 amide bonds. The first-order chi connectivity index (χ1) is 9.91. The molecule has 3 N–H and O–H groups in total. The van der Waals surface area contributed by atoms with E-state index in [1.54, 1.807) is 12.3 Å². The molecule has 0 spiro atoms. The summed E-state index contributed by atoms with van der Waals surface area (Å²) in [6.07, 6.45) is 1.70. The first-order valence-corrected chi connectivity index (χ1v) is 7.85. The monoisotopic (exact) mass is 307 g/mol. The Bertz CT molecular complexity index is 717. The van der Waals surface area contributed by atoms with Gasteiger partial charge in [0.2, 0.25) is 10.0 Å². The maximum atomic E-state index is 11.4. The lowest BCUT2D eigenvalue weighted by Crippen LogP contribution is -2.14. The van der Waals surface area contributed by atoms with Crippen molar-refractivity contribution in [3.63, 3.8) is 0 Å². The number of primary sulfonamides is 1. The number of hydrogen-bond donors (Lipinski definition) is 2. The molecule has 0 aliphatic rings. The third-order valence-electron chi connectivity index (χ3n) is 3.00. The van der Waals surface area contributed by atoms with E-state index in [4.69, 9.17) is 9.88 Å². The Balaban J connectivity index is 2.34. The van der Waals surface area contributed by atoms with E-state index < -0.39 is 10.0 Å². The van der Waals surface area contributed by atoms with E-state index in [1.807, 2.05) is 25.1 Å². The molecule has 1 unspecified atom stereocenters. The molecule has 2 aromatic rings. The third-order valence-corrected chi connectivity index (χ3v) is 3.91. The summed E-state index contributed by atoms with van der Waals surface area (Å²) in [5, 5.41) is 8.33. The Hall–Kier alpha value is -2.12. The Kier molecular flexibility index (Phi) is 4.44. The lowest BCUT2D eigenvalue weighted by Gasteiger charge is -2.17. The fourth-order valence-corrected chi connectivity index (χ4v) is 2.46. The molecule has 0 aliphatic heterocycles. The van der Waals surface area contributed by atoms with Crippen molar-refractivity contribution in [1.29, 1.82) is 0 Å². The predicted octanol–water partition coefficient (Wildman–Crippen LogP) is 1.91. The number of anilines is 1. The number of pyridine rings is 1. The smallest absolute Gasteiger partial charge is 0.238 e. The minimum atomic E-state index is -3.76. The van der Waals surface area contributed by atoms with Gasteiger partial charge in [0.1, 0.15) is 5.75 Å². The molecule has 0 radical (unpaired) electrons. The number of methoxy groups -OCH3 is 1. The summed E-state index contributed by atoms with van der Waals surface area (Å²) in [6.45, 7) is 1.92. The van der Waals surface area contributed by atoms with Crippen LogP contribution in [0.1, 0.15) is 18.7 Å². The first-order valence-electron chi connectivity index (χ1n) is 6.30. The molecule has 112 valence electrons. The van der Waals surface area contributed by atoms with Gasteiger partial charge in [-0.15, -0.1) is 0 Å². The molecule has 21 heavy (non-hydrogen) atoms. The second kappa shape index (κ2) is 6.11. The fourth-order valence-electron chi connectivity index (χ4n) is 1.92. The highest BCUT2D eigenvalue weighted by Gasteiger charge is 2.14. The lowest BCUT2D eigenvalue weighted by molar-refractivity contribution is 0.415. The minimum Gasteiger partial charge on any atom is -0.495 e. The standard InChI is InChI=1S/C14H17N3O3S/c1-10(12-5-3-4-8-16-12)17-13-9-11(21(15,18)19)6-7-14(13)20-2/h3-10,17H,1-2H3,(H2,15,18,19). The van der Waals surface area contributed by atoms with Gasteiger partial charge >= 0.3 is 0 Å². The fraction of sp³-hybridized carbons (Fsp3) is 0.214. The van der Waals surface area contributed by atoms with Crippen LogP contribution < -0.4 is 15.2 Å². The van der Waals surface area contributed by atoms with Gasteiger partial charge in [0.25, 0.3) is 0 Å². The number of nitrogens with zero attached hydrogens (tertiary/aromatic N) is 1. The maximum Gasteiger partial charge on any atom is 0.238 e. The second-order valence-corrected chi connectivity index (χ2v) is 6.09. The van der Waals surface area contributed by atoms with Crippen molar-refractivity contribution in [2.75, 3.05) is 12.4 Å². The SMILES string of the molecule is COc1ccc(S(N)(=O)=O)cc1NC(C)c1ccccn1. The largest absolute Gasteiger partial charge is 0.495 e. The van der Waals surface area contributed by atoms with E-state index in [9.17, 15) is 8.42 Å². The summed E-state index contributed by atoms with van der Waals surface area (Å²) in [4.78, 5) is 4.28. The molecule has 0 fully saturated rings. The lowest BCUT2D eigenvalue weighted by atomic mass is 10.2. The third kappa shape index (κ3) is 3.71. The molecule has 0 saturated heterocycles. The number of nitrogens with one attached hydrogen (secondary N) is 1. The van der Waals surface area contributed by atoms with Gasteiger partial charge in [-0.3, -0.25) is 4.98 Å². The van der Waals surface area contributed by atoms with Crippen LogP contribution in [-0.4, -0.2) is 20.5 Å². The zero-order valence-corrected chi connectivity index (χ0v) is 12.6. The summed E-state index contributed by atoms with van der Waals surface area (Å²) >= 11 is 0. The average Bonchev–Trinajstić information content (AvgIpc) is 2.47. The number of sulfonamides is 1. The predicted molar refractivity (Wildman–Crippen MR) is 80.6 cm³/mol. The van der Waals surface area contributed by atoms with Crippen molar-refractivity contribution in [2.24, 2.45) is 5.14 Å². The summed E-state index contributed by atoms with van der Waals surface area (Å²) in [5.74, 6) is 0.533. The Morgan fingerprint density at radius 2 is 2.05 bits per heavy atom. The van der Waals surface area contributed by atoms with Gasteiger partial charge in [0.05, 0.1) is 29.4 Å². The first kappa shape index (κ1) is 15.3. The summed E-state index contributed by atoms with van der Waals surface area (Å²) in [6, 6.07) is 9.91. The van der Waals surface area contributed by atoms with Crippen LogP contribution in [0.5, 0.6) is 5.75 Å². The van der Waals surface area contributed by atoms with Crippen molar-refractivity contribution < 1.29 is 13.2 Å². The van der Waals surface area contributed by atoms with Gasteiger partial charge in [-0.2, -0.15) is 0 Å². The zero-order chi connectivity index (χ0) is 15.5. The Labute approximate surface area is 124 Å². The highest BCUT2D eigenvalue weighted by Crippen LogP contribution is 2.30. The number of hydrogen-bond acceptors (Lipinski definition) is 5. The molecule has 1 atom stereocenters. The van der Waals surface area contributed by atoms with Crippen LogP contribution in [0.25, 0.3) is 0 Å². The highest BCUT2D eigenvalue weighted by atomic mass is 32.2. The average molecular weight is 307 g/mol. The molecule has 1 heterocycles. The quantitative estimate of drug-likeness (QED) is 0.880. The van der Waals surface area contributed by atoms with Crippen LogP contribution >= 0.6 is 0 Å². The van der Waals surface area contributed by atoms with Crippen LogP contribution in [-0.2, 0) is 10.0 Å². The van der Waals surface area contributed by atoms with E-state index in [0.29, 0.717) is 11.4 Å². The number of nitrogens with two attached hydrogens (primary N) is 1. The maximum absolute atomic E-state index is 11.4. The minimum absolute atomic E-state index is 0.0269. The normalized spacial score (nSPS) is 12.7. The van der Waals surface area contributed by atoms with Crippen molar-refractivity contribution in [1.82, 2.24) is 4.98 Å². The van der Waals surface area contributed by atoms with Crippen LogP contribution in [0.2, 0.25) is 0 Å². The molecule has 1 aromatic carbocycles. The highest BCUT2D eigenvalue weighted by molar-refractivity contribution is 7.89. The van der Waals surface area contributed by atoms with E-state index in [1.165, 1.54) is 19.2 Å². The molecule has 0 saturated carbocycles. The molecular weight excluding hydrogens is 290 g/mol. The Morgan fingerprint density at radius 3 is 2.62 bits per heavy atom. The van der Waals surface area contributed by atoms with Gasteiger partial charge < -0.3 is 10.1 Å². The van der Waals surface area contributed by atoms with Crippen molar-refractivity contribution >= 4 is 15.7 Å². The number of rotatable bonds is 5. The van der Waals surface area contributed by atoms with Gasteiger partial charge in [0, 0.05) is 6.20 Å². The molecule has 2 rings (SSSR count). The van der Waals surface area contributed by atoms with Gasteiger partial charge in [0.15, 0.2) is 0 Å². The number of ether oxygens (including phenoxy) is 1. The van der Waals surface area contributed by atoms with Crippen LogP contribution in [0.4, 0.5) is 5.69 Å². The zero-order valence-electron chi connectivity index (χ0n) is 11.8. The molecule has 7 heteroatoms. The molecule has 0 aliphatic carbocycles. The van der Waals surface area contributed by atoms with Crippen LogP contribution in [0, 0.1) is 0 Å². The Morgan fingerprint density at radius 1 is 1.29 bits per heavy atom. The van der Waals surface area contributed by atoms with Crippen LogP contribution in [0.3, 0.4) is 0 Å². The van der Waals surface area contributed by atoms with Gasteiger partial charge in [-0.25, -0.2) is 13.6 Å². The van der Waals surface area contributed by atoms with Gasteiger partial charge in [-0.1, -0.05) is 6.07 Å². The molecule has 0 bridgehead atoms. The van der Waals surface area contributed by atoms with Crippen molar-refractivity contribution in [3.8, 4) is 5.75 Å². The second-order valence-electron chi connectivity index (χ2n) is 4.53.